The van der Waals surface area contributed by atoms with Crippen LogP contribution in [0.5, 0.6) is 0 Å². The molecule has 1 saturated heterocycles. The Morgan fingerprint density at radius 1 is 1.25 bits per heavy atom. The van der Waals surface area contributed by atoms with Crippen LogP contribution in [0.3, 0.4) is 0 Å². The van der Waals surface area contributed by atoms with Crippen LogP contribution in [0.2, 0.25) is 0 Å². The predicted octanol–water partition coefficient (Wildman–Crippen LogP) is 0.858. The average Bonchev–Trinajstić information content (AvgIpc) is 2.41. The molecule has 20 heavy (non-hydrogen) atoms. The Balaban J connectivity index is 1.87. The number of benzene rings is 1. The van der Waals surface area contributed by atoms with E-state index in [0.29, 0.717) is 17.6 Å². The van der Waals surface area contributed by atoms with Crippen LogP contribution in [-0.4, -0.2) is 45.2 Å². The number of fused-ring (bicyclic) bond motifs is 1. The second-order valence-corrected chi connectivity index (χ2v) is 5.35. The monoisotopic (exact) mass is 274 g/mol. The Kier molecular flexibility index (Phi) is 3.50. The number of nitrogens with zero attached hydrogens (tertiary/aromatic N) is 4. The van der Waals surface area contributed by atoms with Crippen LogP contribution < -0.4 is 5.56 Å². The summed E-state index contributed by atoms with van der Waals surface area (Å²) >= 11 is 0. The van der Waals surface area contributed by atoms with E-state index in [4.69, 9.17) is 4.74 Å². The molecule has 106 valence electrons. The molecule has 2 atom stereocenters. The molecule has 3 rings (SSSR count). The highest BCUT2D eigenvalue weighted by atomic mass is 16.5. The van der Waals surface area contributed by atoms with Crippen molar-refractivity contribution < 1.29 is 4.74 Å². The van der Waals surface area contributed by atoms with Gasteiger partial charge in [-0.25, -0.2) is 0 Å². The zero-order chi connectivity index (χ0) is 14.1. The van der Waals surface area contributed by atoms with E-state index in [0.717, 1.165) is 13.1 Å². The van der Waals surface area contributed by atoms with Crippen LogP contribution in [0.25, 0.3) is 10.9 Å². The molecule has 0 N–H and O–H groups in total. The fraction of sp³-hybridized carbons (Fsp3) is 0.500. The van der Waals surface area contributed by atoms with E-state index in [1.807, 2.05) is 26.0 Å². The lowest BCUT2D eigenvalue weighted by atomic mass is 10.2. The SMILES string of the molecule is C[C@@H]1CN(Cn2nnc3ccccc3c2=O)C[C@@H](C)O1. The van der Waals surface area contributed by atoms with Crippen molar-refractivity contribution in [2.24, 2.45) is 0 Å². The third-order valence-corrected chi connectivity index (χ3v) is 3.46. The lowest BCUT2D eigenvalue weighted by molar-refractivity contribution is -0.0781. The first-order valence-electron chi connectivity index (χ1n) is 6.84. The second kappa shape index (κ2) is 5.30. The maximum absolute atomic E-state index is 12.4. The molecule has 1 aliphatic heterocycles. The lowest BCUT2D eigenvalue weighted by Crippen LogP contribution is -2.47. The molecule has 0 amide bonds. The van der Waals surface area contributed by atoms with Crippen molar-refractivity contribution in [1.82, 2.24) is 19.9 Å². The first kappa shape index (κ1) is 13.2. The molecule has 1 fully saturated rings. The van der Waals surface area contributed by atoms with Crippen molar-refractivity contribution in [2.45, 2.75) is 32.7 Å². The Labute approximate surface area is 117 Å². The normalized spacial score (nSPS) is 24.1. The van der Waals surface area contributed by atoms with Crippen molar-refractivity contribution in [1.29, 1.82) is 0 Å². The van der Waals surface area contributed by atoms with Gasteiger partial charge in [-0.1, -0.05) is 17.3 Å². The maximum atomic E-state index is 12.4. The van der Waals surface area contributed by atoms with E-state index in [1.54, 1.807) is 12.1 Å². The zero-order valence-corrected chi connectivity index (χ0v) is 11.7. The first-order chi connectivity index (χ1) is 9.63. The summed E-state index contributed by atoms with van der Waals surface area (Å²) in [7, 11) is 0. The third kappa shape index (κ3) is 2.57. The minimum Gasteiger partial charge on any atom is -0.373 e. The molecule has 0 bridgehead atoms. The summed E-state index contributed by atoms with van der Waals surface area (Å²) in [6, 6.07) is 7.28. The van der Waals surface area contributed by atoms with E-state index >= 15 is 0 Å². The number of aromatic nitrogens is 3. The molecule has 1 aromatic heterocycles. The van der Waals surface area contributed by atoms with Crippen molar-refractivity contribution >= 4 is 10.9 Å². The Hall–Kier alpha value is -1.79. The molecule has 1 aliphatic rings. The summed E-state index contributed by atoms with van der Waals surface area (Å²) < 4.78 is 7.11. The minimum atomic E-state index is -0.0950. The van der Waals surface area contributed by atoms with E-state index in [-0.39, 0.29) is 17.8 Å². The number of morpholine rings is 1. The lowest BCUT2D eigenvalue weighted by Gasteiger charge is -2.34. The summed E-state index contributed by atoms with van der Waals surface area (Å²) in [4.78, 5) is 14.5. The highest BCUT2D eigenvalue weighted by molar-refractivity contribution is 5.76. The summed E-state index contributed by atoms with van der Waals surface area (Å²) in [5.74, 6) is 0. The first-order valence-corrected chi connectivity index (χ1v) is 6.84. The van der Waals surface area contributed by atoms with Crippen molar-refractivity contribution in [3.63, 3.8) is 0 Å². The van der Waals surface area contributed by atoms with Crippen molar-refractivity contribution in [2.75, 3.05) is 13.1 Å². The van der Waals surface area contributed by atoms with Gasteiger partial charge in [0.2, 0.25) is 0 Å². The van der Waals surface area contributed by atoms with Gasteiger partial charge in [-0.3, -0.25) is 9.69 Å². The van der Waals surface area contributed by atoms with Gasteiger partial charge in [0.15, 0.2) is 0 Å². The molecule has 6 heteroatoms. The van der Waals surface area contributed by atoms with Gasteiger partial charge in [0, 0.05) is 13.1 Å². The van der Waals surface area contributed by atoms with E-state index in [9.17, 15) is 4.79 Å². The predicted molar refractivity (Wildman–Crippen MR) is 75.4 cm³/mol. The number of ether oxygens (including phenoxy) is 1. The smallest absolute Gasteiger partial charge is 0.278 e. The molecule has 2 aromatic rings. The van der Waals surface area contributed by atoms with Gasteiger partial charge in [0.1, 0.15) is 5.52 Å². The van der Waals surface area contributed by atoms with Crippen LogP contribution in [-0.2, 0) is 11.4 Å². The van der Waals surface area contributed by atoms with E-state index in [1.165, 1.54) is 4.68 Å². The van der Waals surface area contributed by atoms with Crippen molar-refractivity contribution in [3.05, 3.63) is 34.6 Å². The second-order valence-electron chi connectivity index (χ2n) is 5.35. The third-order valence-electron chi connectivity index (χ3n) is 3.46. The van der Waals surface area contributed by atoms with Crippen LogP contribution in [0.4, 0.5) is 0 Å². The van der Waals surface area contributed by atoms with Crippen LogP contribution in [0.1, 0.15) is 13.8 Å². The zero-order valence-electron chi connectivity index (χ0n) is 11.7. The number of hydrogen-bond acceptors (Lipinski definition) is 5. The minimum absolute atomic E-state index is 0.0950. The van der Waals surface area contributed by atoms with Gasteiger partial charge in [-0.15, -0.1) is 5.10 Å². The van der Waals surface area contributed by atoms with Crippen molar-refractivity contribution in [3.8, 4) is 0 Å². The highest BCUT2D eigenvalue weighted by Gasteiger charge is 2.22. The largest absolute Gasteiger partial charge is 0.373 e. The highest BCUT2D eigenvalue weighted by Crippen LogP contribution is 2.11. The van der Waals surface area contributed by atoms with Gasteiger partial charge in [0.25, 0.3) is 5.56 Å². The molecule has 0 unspecified atom stereocenters. The Bertz CT molecular complexity index is 660. The maximum Gasteiger partial charge on any atom is 0.278 e. The van der Waals surface area contributed by atoms with E-state index in [2.05, 4.69) is 15.2 Å². The van der Waals surface area contributed by atoms with Gasteiger partial charge in [-0.05, 0) is 26.0 Å². The molecule has 0 radical (unpaired) electrons. The Morgan fingerprint density at radius 2 is 1.95 bits per heavy atom. The topological polar surface area (TPSA) is 60.2 Å². The standard InChI is InChI=1S/C14H18N4O2/c1-10-7-17(8-11(2)20-10)9-18-14(19)12-5-3-4-6-13(12)15-16-18/h3-6,10-11H,7-9H2,1-2H3/t10-,11-/m1/s1. The summed E-state index contributed by atoms with van der Waals surface area (Å²) in [5, 5.41) is 8.73. The number of rotatable bonds is 2. The van der Waals surface area contributed by atoms with Crippen LogP contribution >= 0.6 is 0 Å². The fourth-order valence-electron chi connectivity index (χ4n) is 2.71. The Morgan fingerprint density at radius 3 is 2.70 bits per heavy atom. The summed E-state index contributed by atoms with van der Waals surface area (Å²) in [6.45, 7) is 6.13. The molecule has 0 saturated carbocycles. The van der Waals surface area contributed by atoms with Gasteiger partial charge < -0.3 is 4.74 Å². The average molecular weight is 274 g/mol. The van der Waals surface area contributed by atoms with E-state index < -0.39 is 0 Å². The van der Waals surface area contributed by atoms with Crippen LogP contribution in [0, 0.1) is 0 Å². The molecule has 1 aromatic carbocycles. The molecule has 2 heterocycles. The quantitative estimate of drug-likeness (QED) is 0.813. The summed E-state index contributed by atoms with van der Waals surface area (Å²) in [5.41, 5.74) is 0.542. The molecule has 0 aliphatic carbocycles. The molecule has 6 nitrogen and oxygen atoms in total. The summed E-state index contributed by atoms with van der Waals surface area (Å²) in [6.07, 6.45) is 0.339. The van der Waals surface area contributed by atoms with Gasteiger partial charge in [-0.2, -0.15) is 4.68 Å². The van der Waals surface area contributed by atoms with Gasteiger partial charge >= 0.3 is 0 Å². The van der Waals surface area contributed by atoms with Crippen LogP contribution in [0.15, 0.2) is 29.1 Å². The molecular weight excluding hydrogens is 256 g/mol. The fourth-order valence-corrected chi connectivity index (χ4v) is 2.71. The number of hydrogen-bond donors (Lipinski definition) is 0. The van der Waals surface area contributed by atoms with Gasteiger partial charge in [0.05, 0.1) is 24.3 Å². The molecular formula is C14H18N4O2. The molecule has 0 spiro atoms.